The van der Waals surface area contributed by atoms with Crippen molar-refractivity contribution in [1.29, 1.82) is 0 Å². The summed E-state index contributed by atoms with van der Waals surface area (Å²) in [6.45, 7) is 1.82. The van der Waals surface area contributed by atoms with Crippen molar-refractivity contribution >= 4 is 11.6 Å². The van der Waals surface area contributed by atoms with E-state index in [1.165, 1.54) is 0 Å². The average Bonchev–Trinajstić information content (AvgIpc) is 2.65. The summed E-state index contributed by atoms with van der Waals surface area (Å²) >= 11 is 0. The molecule has 142 valence electrons. The number of benzene rings is 2. The molecule has 27 heavy (non-hydrogen) atoms. The zero-order chi connectivity index (χ0) is 18.6. The molecular weight excluding hydrogens is 347 g/mol. The topological polar surface area (TPSA) is 50.8 Å². The third kappa shape index (κ3) is 4.57. The molecule has 0 spiro atoms. The molecule has 0 aromatic heterocycles. The van der Waals surface area contributed by atoms with E-state index < -0.39 is 6.17 Å². The lowest BCUT2D eigenvalue weighted by Crippen LogP contribution is -2.55. The maximum atomic E-state index is 14.1. The summed E-state index contributed by atoms with van der Waals surface area (Å²) in [7, 11) is 0. The average molecular weight is 370 g/mol. The summed E-state index contributed by atoms with van der Waals surface area (Å²) in [5, 5.41) is 2.86. The fraction of sp³-hybridized carbons (Fsp3) is 0.381. The van der Waals surface area contributed by atoms with E-state index in [0.29, 0.717) is 31.8 Å². The SMILES string of the molecule is O=C1CCc2cc(OC3CN(C[C@@H](F)COc4ccccc4)C3)ccc2N1. The molecule has 5 nitrogen and oxygen atoms in total. The molecule has 0 saturated carbocycles. The molecule has 0 bridgehead atoms. The number of aryl methyl sites for hydroxylation is 1. The predicted molar refractivity (Wildman–Crippen MR) is 101 cm³/mol. The summed E-state index contributed by atoms with van der Waals surface area (Å²) in [6, 6.07) is 15.0. The van der Waals surface area contributed by atoms with Crippen LogP contribution in [0, 0.1) is 0 Å². The van der Waals surface area contributed by atoms with Crippen molar-refractivity contribution in [3.63, 3.8) is 0 Å². The van der Waals surface area contributed by atoms with E-state index in [1.54, 1.807) is 0 Å². The Hall–Kier alpha value is -2.60. The second-order valence-corrected chi connectivity index (χ2v) is 7.05. The number of alkyl halides is 1. The number of anilines is 1. The third-order valence-corrected chi connectivity index (χ3v) is 4.83. The van der Waals surface area contributed by atoms with E-state index in [4.69, 9.17) is 9.47 Å². The Morgan fingerprint density at radius 3 is 2.74 bits per heavy atom. The number of amides is 1. The van der Waals surface area contributed by atoms with Crippen LogP contribution >= 0.6 is 0 Å². The minimum atomic E-state index is -1.03. The van der Waals surface area contributed by atoms with Crippen LogP contribution in [0.1, 0.15) is 12.0 Å². The second-order valence-electron chi connectivity index (χ2n) is 7.05. The molecule has 1 atom stereocenters. The number of carbonyl (C=O) groups is 1. The lowest BCUT2D eigenvalue weighted by molar-refractivity contribution is -0.116. The van der Waals surface area contributed by atoms with Gasteiger partial charge in [0.1, 0.15) is 30.4 Å². The number of para-hydroxylation sites is 1. The first-order chi connectivity index (χ1) is 13.2. The molecule has 0 unspecified atom stereocenters. The van der Waals surface area contributed by atoms with Gasteiger partial charge in [-0.15, -0.1) is 0 Å². The fourth-order valence-electron chi connectivity index (χ4n) is 3.41. The third-order valence-electron chi connectivity index (χ3n) is 4.83. The van der Waals surface area contributed by atoms with Crippen molar-refractivity contribution in [3.05, 3.63) is 54.1 Å². The number of nitrogens with one attached hydrogen (secondary N) is 1. The fourth-order valence-corrected chi connectivity index (χ4v) is 3.41. The molecule has 2 aliphatic heterocycles. The number of hydrogen-bond acceptors (Lipinski definition) is 4. The number of nitrogens with zero attached hydrogens (tertiary/aromatic N) is 1. The highest BCUT2D eigenvalue weighted by Crippen LogP contribution is 2.28. The van der Waals surface area contributed by atoms with E-state index >= 15 is 0 Å². The lowest BCUT2D eigenvalue weighted by atomic mass is 10.0. The van der Waals surface area contributed by atoms with E-state index in [1.807, 2.05) is 53.4 Å². The Morgan fingerprint density at radius 1 is 1.11 bits per heavy atom. The van der Waals surface area contributed by atoms with Crippen molar-refractivity contribution in [2.45, 2.75) is 25.1 Å². The molecule has 1 amide bonds. The largest absolute Gasteiger partial charge is 0.491 e. The Kier molecular flexibility index (Phi) is 5.25. The molecule has 0 aliphatic carbocycles. The Balaban J connectivity index is 1.19. The summed E-state index contributed by atoms with van der Waals surface area (Å²) in [5.41, 5.74) is 1.97. The number of halogens is 1. The van der Waals surface area contributed by atoms with Crippen LogP contribution in [0.3, 0.4) is 0 Å². The molecule has 4 rings (SSSR count). The minimum Gasteiger partial charge on any atom is -0.491 e. The first-order valence-corrected chi connectivity index (χ1v) is 9.29. The van der Waals surface area contributed by atoms with Crippen molar-refractivity contribution in [3.8, 4) is 11.5 Å². The number of hydrogen-bond donors (Lipinski definition) is 1. The van der Waals surface area contributed by atoms with Gasteiger partial charge in [-0.1, -0.05) is 18.2 Å². The molecule has 6 heteroatoms. The van der Waals surface area contributed by atoms with E-state index in [0.717, 1.165) is 23.4 Å². The monoisotopic (exact) mass is 370 g/mol. The van der Waals surface area contributed by atoms with Crippen LogP contribution in [0.15, 0.2) is 48.5 Å². The maximum Gasteiger partial charge on any atom is 0.224 e. The van der Waals surface area contributed by atoms with Crippen LogP contribution < -0.4 is 14.8 Å². The Labute approximate surface area is 158 Å². The van der Waals surface area contributed by atoms with Gasteiger partial charge < -0.3 is 14.8 Å². The molecule has 2 heterocycles. The Morgan fingerprint density at radius 2 is 1.93 bits per heavy atom. The number of likely N-dealkylation sites (tertiary alicyclic amines) is 1. The van der Waals surface area contributed by atoms with Gasteiger partial charge in [-0.2, -0.15) is 0 Å². The van der Waals surface area contributed by atoms with Crippen molar-refractivity contribution in [2.24, 2.45) is 0 Å². The zero-order valence-corrected chi connectivity index (χ0v) is 15.1. The van der Waals surface area contributed by atoms with Gasteiger partial charge in [-0.05, 0) is 42.3 Å². The van der Waals surface area contributed by atoms with Gasteiger partial charge in [0.25, 0.3) is 0 Å². The lowest BCUT2D eigenvalue weighted by Gasteiger charge is -2.39. The molecule has 0 radical (unpaired) electrons. The van der Waals surface area contributed by atoms with E-state index in [9.17, 15) is 9.18 Å². The summed E-state index contributed by atoms with van der Waals surface area (Å²) in [5.74, 6) is 1.55. The van der Waals surface area contributed by atoms with Gasteiger partial charge in [-0.25, -0.2) is 4.39 Å². The highest BCUT2D eigenvalue weighted by Gasteiger charge is 2.30. The Bertz CT molecular complexity index is 793. The van der Waals surface area contributed by atoms with Crippen molar-refractivity contribution in [2.75, 3.05) is 31.6 Å². The molecule has 2 aromatic carbocycles. The first kappa shape index (κ1) is 17.8. The molecule has 2 aliphatic rings. The van der Waals surface area contributed by atoms with Gasteiger partial charge in [-0.3, -0.25) is 9.69 Å². The summed E-state index contributed by atoms with van der Waals surface area (Å²) in [6.07, 6.45) is 0.290. The molecule has 2 aromatic rings. The maximum absolute atomic E-state index is 14.1. The van der Waals surface area contributed by atoms with Crippen LogP contribution in [0.25, 0.3) is 0 Å². The van der Waals surface area contributed by atoms with Crippen LogP contribution in [0.4, 0.5) is 10.1 Å². The highest BCUT2D eigenvalue weighted by molar-refractivity contribution is 5.93. The predicted octanol–water partition coefficient (Wildman–Crippen LogP) is 3.05. The standard InChI is InChI=1S/C21H23FN2O3/c22-16(14-26-17-4-2-1-3-5-17)11-24-12-19(13-24)27-18-7-8-20-15(10-18)6-9-21(25)23-20/h1-5,7-8,10,16,19H,6,9,11-14H2,(H,23,25)/t16-/m1/s1. The molecular formula is C21H23FN2O3. The number of ether oxygens (including phenoxy) is 2. The minimum absolute atomic E-state index is 0.0581. The van der Waals surface area contributed by atoms with Gasteiger partial charge in [0.05, 0.1) is 0 Å². The first-order valence-electron chi connectivity index (χ1n) is 9.29. The van der Waals surface area contributed by atoms with Crippen LogP contribution in [0.5, 0.6) is 11.5 Å². The van der Waals surface area contributed by atoms with E-state index in [-0.39, 0.29) is 18.6 Å². The van der Waals surface area contributed by atoms with E-state index in [2.05, 4.69) is 5.32 Å². The summed E-state index contributed by atoms with van der Waals surface area (Å²) in [4.78, 5) is 13.4. The molecule has 1 saturated heterocycles. The molecule has 1 fully saturated rings. The van der Waals surface area contributed by atoms with Gasteiger partial charge in [0.2, 0.25) is 5.91 Å². The van der Waals surface area contributed by atoms with Crippen molar-refractivity contribution < 1.29 is 18.7 Å². The van der Waals surface area contributed by atoms with Crippen molar-refractivity contribution in [1.82, 2.24) is 4.90 Å². The summed E-state index contributed by atoms with van der Waals surface area (Å²) < 4.78 is 25.5. The van der Waals surface area contributed by atoms with Crippen LogP contribution in [-0.4, -0.2) is 49.3 Å². The number of fused-ring (bicyclic) bond motifs is 1. The normalized spacial score (nSPS) is 18.2. The highest BCUT2D eigenvalue weighted by atomic mass is 19.1. The number of rotatable bonds is 7. The quantitative estimate of drug-likeness (QED) is 0.814. The van der Waals surface area contributed by atoms with Gasteiger partial charge >= 0.3 is 0 Å². The number of carbonyl (C=O) groups excluding carboxylic acids is 1. The molecule has 1 N–H and O–H groups in total. The van der Waals surface area contributed by atoms with Crippen LogP contribution in [0.2, 0.25) is 0 Å². The smallest absolute Gasteiger partial charge is 0.224 e. The van der Waals surface area contributed by atoms with Crippen LogP contribution in [-0.2, 0) is 11.2 Å². The zero-order valence-electron chi connectivity index (χ0n) is 15.1. The second kappa shape index (κ2) is 7.96. The van der Waals surface area contributed by atoms with Gasteiger partial charge in [0.15, 0.2) is 0 Å². The van der Waals surface area contributed by atoms with Gasteiger partial charge in [0, 0.05) is 31.7 Å².